The van der Waals surface area contributed by atoms with Gasteiger partial charge in [0.25, 0.3) is 0 Å². The molecule has 1 amide bonds. The minimum absolute atomic E-state index is 0. The molecular weight excluding hydrogens is 358 g/mol. The summed E-state index contributed by atoms with van der Waals surface area (Å²) in [5, 5.41) is 2.93. The monoisotopic (exact) mass is 395 g/mol. The van der Waals surface area contributed by atoms with Crippen molar-refractivity contribution in [1.82, 2.24) is 5.32 Å². The molecule has 0 unspecified atom stereocenters. The minimum atomic E-state index is -0.591. The Bertz CT molecular complexity index is 369. The summed E-state index contributed by atoms with van der Waals surface area (Å²) < 4.78 is 11.8. The molecule has 9 heteroatoms. The lowest BCUT2D eigenvalue weighted by atomic mass is 10.1. The summed E-state index contributed by atoms with van der Waals surface area (Å²) in [5.41, 5.74) is 16.4. The van der Waals surface area contributed by atoms with Crippen LogP contribution in [0.3, 0.4) is 0 Å². The van der Waals surface area contributed by atoms with Gasteiger partial charge in [0.2, 0.25) is 5.91 Å². The fourth-order valence-electron chi connectivity index (χ4n) is 2.08. The van der Waals surface area contributed by atoms with Crippen molar-refractivity contribution in [3.8, 4) is 0 Å². The third-order valence-electron chi connectivity index (χ3n) is 3.60. The van der Waals surface area contributed by atoms with Crippen LogP contribution in [0.5, 0.6) is 0 Å². The fraction of sp³-hybridized carbons (Fsp3) is 0.882. The Morgan fingerprint density at radius 1 is 1.08 bits per heavy atom. The second-order valence-corrected chi connectivity index (χ2v) is 6.17. The molecule has 0 aliphatic heterocycles. The van der Waals surface area contributed by atoms with E-state index in [1.807, 2.05) is 0 Å². The van der Waals surface area contributed by atoms with Crippen LogP contribution in [-0.4, -0.2) is 50.0 Å². The molecule has 0 rings (SSSR count). The van der Waals surface area contributed by atoms with Gasteiger partial charge in [0.1, 0.15) is 0 Å². The number of hydrogen-bond donors (Lipinski definition) is 4. The second kappa shape index (κ2) is 17.3. The van der Waals surface area contributed by atoms with Gasteiger partial charge in [0, 0.05) is 19.8 Å². The van der Waals surface area contributed by atoms with Gasteiger partial charge in [-0.05, 0) is 32.6 Å². The summed E-state index contributed by atoms with van der Waals surface area (Å²) in [6.45, 7) is 7.51. The third kappa shape index (κ3) is 14.1. The number of amides is 1. The van der Waals surface area contributed by atoms with Gasteiger partial charge in [0.05, 0.1) is 12.1 Å². The smallest absolute Gasteiger partial charge is 0.237 e. The van der Waals surface area contributed by atoms with Crippen LogP contribution in [0.25, 0.3) is 0 Å². The first-order valence-electron chi connectivity index (χ1n) is 9.26. The lowest BCUT2D eigenvalue weighted by Crippen LogP contribution is -2.50. The van der Waals surface area contributed by atoms with Crippen LogP contribution in [0.4, 0.5) is 0 Å². The summed E-state index contributed by atoms with van der Waals surface area (Å²) in [7, 11) is 0. The Kier molecular flexibility index (Phi) is 18.1. The zero-order valence-electron chi connectivity index (χ0n) is 16.4. The van der Waals surface area contributed by atoms with E-state index in [0.29, 0.717) is 32.6 Å². The van der Waals surface area contributed by atoms with Crippen LogP contribution in [0.15, 0.2) is 4.99 Å². The van der Waals surface area contributed by atoms with Gasteiger partial charge in [-0.1, -0.05) is 26.7 Å². The largest absolute Gasteiger partial charge is 0.370 e. The first-order valence-corrected chi connectivity index (χ1v) is 9.26. The summed E-state index contributed by atoms with van der Waals surface area (Å²) in [6, 6.07) is -0.881. The van der Waals surface area contributed by atoms with Gasteiger partial charge >= 0.3 is 0 Å². The number of nitrogens with zero attached hydrogens (tertiary/aromatic N) is 1. The highest BCUT2D eigenvalue weighted by Gasteiger charge is 2.25. The molecule has 0 heterocycles. The predicted molar refractivity (Wildman–Crippen MR) is 108 cm³/mol. The molecule has 0 saturated heterocycles. The van der Waals surface area contributed by atoms with E-state index in [9.17, 15) is 4.79 Å². The maximum atomic E-state index is 12.0. The van der Waals surface area contributed by atoms with Crippen molar-refractivity contribution in [3.63, 3.8) is 0 Å². The Labute approximate surface area is 164 Å². The molecule has 2 atom stereocenters. The van der Waals surface area contributed by atoms with E-state index >= 15 is 0 Å². The number of ether oxygens (including phenoxy) is 2. The van der Waals surface area contributed by atoms with Gasteiger partial charge in [-0.2, -0.15) is 0 Å². The van der Waals surface area contributed by atoms with Crippen LogP contribution in [0.2, 0.25) is 0 Å². The van der Waals surface area contributed by atoms with Crippen molar-refractivity contribution in [2.45, 2.75) is 77.7 Å². The number of halogens is 1. The quantitative estimate of drug-likeness (QED) is 0.142. The van der Waals surface area contributed by atoms with Crippen molar-refractivity contribution in [2.24, 2.45) is 22.2 Å². The molecule has 0 aromatic rings. The number of rotatable bonds is 15. The van der Waals surface area contributed by atoms with Crippen LogP contribution in [-0.2, 0) is 14.3 Å². The molecule has 0 radical (unpaired) electrons. The Morgan fingerprint density at radius 3 is 2.04 bits per heavy atom. The van der Waals surface area contributed by atoms with E-state index in [-0.39, 0.29) is 30.3 Å². The van der Waals surface area contributed by atoms with Crippen molar-refractivity contribution in [3.05, 3.63) is 0 Å². The topological polar surface area (TPSA) is 138 Å². The van der Waals surface area contributed by atoms with Gasteiger partial charge < -0.3 is 32.0 Å². The molecule has 0 aliphatic rings. The van der Waals surface area contributed by atoms with Crippen molar-refractivity contribution in [1.29, 1.82) is 0 Å². The summed E-state index contributed by atoms with van der Waals surface area (Å²) in [6.07, 6.45) is 4.78. The second-order valence-electron chi connectivity index (χ2n) is 6.17. The summed E-state index contributed by atoms with van der Waals surface area (Å²) in [4.78, 5) is 16.0. The number of hydrogen-bond acceptors (Lipinski definition) is 5. The van der Waals surface area contributed by atoms with E-state index in [4.69, 9.17) is 26.7 Å². The molecule has 26 heavy (non-hydrogen) atoms. The van der Waals surface area contributed by atoms with E-state index < -0.39 is 12.3 Å². The minimum Gasteiger partial charge on any atom is -0.370 e. The zero-order valence-corrected chi connectivity index (χ0v) is 17.2. The molecule has 0 saturated carbocycles. The molecular formula is C17H38ClN5O3. The normalized spacial score (nSPS) is 13.0. The SMILES string of the molecule is CCCCOC(OCCCC)[C@H](CCCN=C(N)N)NC(=O)[C@H](C)N.Cl. The fourth-order valence-corrected chi connectivity index (χ4v) is 2.08. The van der Waals surface area contributed by atoms with Gasteiger partial charge in [-0.15, -0.1) is 12.4 Å². The van der Waals surface area contributed by atoms with Crippen LogP contribution < -0.4 is 22.5 Å². The van der Waals surface area contributed by atoms with Crippen molar-refractivity contribution >= 4 is 24.3 Å². The maximum absolute atomic E-state index is 12.0. The zero-order chi connectivity index (χ0) is 19.1. The first-order chi connectivity index (χ1) is 11.9. The van der Waals surface area contributed by atoms with Crippen molar-refractivity contribution < 1.29 is 14.3 Å². The van der Waals surface area contributed by atoms with Crippen LogP contribution >= 0.6 is 12.4 Å². The number of guanidine groups is 1. The number of aliphatic imine (C=N–C) groups is 1. The maximum Gasteiger partial charge on any atom is 0.237 e. The average molecular weight is 396 g/mol. The lowest BCUT2D eigenvalue weighted by Gasteiger charge is -2.29. The molecule has 0 spiro atoms. The van der Waals surface area contributed by atoms with Gasteiger partial charge in [-0.3, -0.25) is 9.79 Å². The van der Waals surface area contributed by atoms with Crippen molar-refractivity contribution in [2.75, 3.05) is 19.8 Å². The summed E-state index contributed by atoms with van der Waals surface area (Å²) >= 11 is 0. The Hall–Kier alpha value is -1.09. The van der Waals surface area contributed by atoms with Gasteiger partial charge in [0.15, 0.2) is 12.2 Å². The highest BCUT2D eigenvalue weighted by molar-refractivity contribution is 5.85. The van der Waals surface area contributed by atoms with E-state index in [2.05, 4.69) is 24.2 Å². The average Bonchev–Trinajstić information content (AvgIpc) is 2.56. The lowest BCUT2D eigenvalue weighted by molar-refractivity contribution is -0.165. The van der Waals surface area contributed by atoms with E-state index in [0.717, 1.165) is 25.7 Å². The molecule has 7 N–H and O–H groups in total. The summed E-state index contributed by atoms with van der Waals surface area (Å²) in [5.74, 6) is -0.166. The molecule has 156 valence electrons. The standard InChI is InChI=1S/C17H37N5O3.ClH/c1-4-6-11-24-16(25-12-7-5-2)14(22-15(23)13(3)18)9-8-10-21-17(19)20;/h13-14,16H,4-12,18H2,1-3H3,(H,22,23)(H4,19,20,21);1H/t13-,14-;/m0./s1. The predicted octanol–water partition coefficient (Wildman–Crippen LogP) is 1.25. The van der Waals surface area contributed by atoms with Crippen LogP contribution in [0.1, 0.15) is 59.3 Å². The van der Waals surface area contributed by atoms with E-state index in [1.165, 1.54) is 0 Å². The molecule has 0 aromatic heterocycles. The first kappa shape index (κ1) is 27.1. The molecule has 8 nitrogen and oxygen atoms in total. The Balaban J connectivity index is 0. The highest BCUT2D eigenvalue weighted by atomic mass is 35.5. The van der Waals surface area contributed by atoms with Crippen LogP contribution in [0, 0.1) is 0 Å². The number of carbonyl (C=O) groups excluding carboxylic acids is 1. The Morgan fingerprint density at radius 2 is 1.62 bits per heavy atom. The molecule has 0 fully saturated rings. The number of nitrogens with one attached hydrogen (secondary N) is 1. The number of unbranched alkanes of at least 4 members (excludes halogenated alkanes) is 2. The highest BCUT2D eigenvalue weighted by Crippen LogP contribution is 2.11. The molecule has 0 aromatic carbocycles. The van der Waals surface area contributed by atoms with E-state index in [1.54, 1.807) is 6.92 Å². The number of carbonyl (C=O) groups is 1. The molecule has 0 aliphatic carbocycles. The number of nitrogens with two attached hydrogens (primary N) is 3. The molecule has 0 bridgehead atoms. The van der Waals surface area contributed by atoms with Gasteiger partial charge in [-0.25, -0.2) is 0 Å². The third-order valence-corrected chi connectivity index (χ3v) is 3.60.